The van der Waals surface area contributed by atoms with Crippen LogP contribution in [0.3, 0.4) is 0 Å². The quantitative estimate of drug-likeness (QED) is 0.678. The second-order valence-electron chi connectivity index (χ2n) is 4.97. The van der Waals surface area contributed by atoms with Gasteiger partial charge in [-0.15, -0.1) is 0 Å². The zero-order valence-electron chi connectivity index (χ0n) is 12.6. The van der Waals surface area contributed by atoms with Gasteiger partial charge in [-0.3, -0.25) is 4.79 Å². The number of para-hydroxylation sites is 1. The third-order valence-corrected chi connectivity index (χ3v) is 3.76. The van der Waals surface area contributed by atoms with Crippen molar-refractivity contribution in [3.8, 4) is 0 Å². The summed E-state index contributed by atoms with van der Waals surface area (Å²) in [6.07, 6.45) is 1.22. The monoisotopic (exact) mass is 376 g/mol. The molecule has 3 rings (SSSR count). The normalized spacial score (nSPS) is 10.4. The smallest absolute Gasteiger partial charge is 0.274 e. The lowest BCUT2D eigenvalue weighted by Crippen LogP contribution is -2.15. The molecule has 2 aromatic carbocycles. The summed E-state index contributed by atoms with van der Waals surface area (Å²) in [5.41, 5.74) is 0.720. The van der Waals surface area contributed by atoms with Crippen LogP contribution < -0.4 is 10.6 Å². The maximum Gasteiger partial charge on any atom is 0.274 e. The fourth-order valence-corrected chi connectivity index (χ4v) is 2.48. The minimum Gasteiger partial charge on any atom is -0.339 e. The van der Waals surface area contributed by atoms with Crippen LogP contribution in [-0.4, -0.2) is 15.9 Å². The second-order valence-corrected chi connectivity index (χ2v) is 5.82. The molecule has 5 nitrogen and oxygen atoms in total. The summed E-state index contributed by atoms with van der Waals surface area (Å²) in [6, 6.07) is 12.2. The van der Waals surface area contributed by atoms with Crippen LogP contribution in [0.4, 0.5) is 21.6 Å². The number of hydrogen-bond acceptors (Lipinski definition) is 4. The number of carbonyl (C=O) groups excluding carboxylic acids is 1. The first-order chi connectivity index (χ1) is 12.0. The van der Waals surface area contributed by atoms with E-state index in [1.165, 1.54) is 30.6 Å². The van der Waals surface area contributed by atoms with Crippen molar-refractivity contribution in [3.63, 3.8) is 0 Å². The minimum atomic E-state index is -0.558. The lowest BCUT2D eigenvalue weighted by Gasteiger charge is -2.09. The van der Waals surface area contributed by atoms with Gasteiger partial charge in [0, 0.05) is 11.1 Å². The summed E-state index contributed by atoms with van der Waals surface area (Å²) >= 11 is 12.0. The van der Waals surface area contributed by atoms with Crippen LogP contribution in [0, 0.1) is 5.82 Å². The lowest BCUT2D eigenvalue weighted by atomic mass is 10.3. The van der Waals surface area contributed by atoms with Crippen LogP contribution in [-0.2, 0) is 0 Å². The molecule has 8 heteroatoms. The molecule has 25 heavy (non-hydrogen) atoms. The summed E-state index contributed by atoms with van der Waals surface area (Å²) in [4.78, 5) is 20.2. The minimum absolute atomic E-state index is 0.0707. The van der Waals surface area contributed by atoms with E-state index in [9.17, 15) is 9.18 Å². The molecular formula is C17H11Cl2FN4O. The SMILES string of the molecule is O=C(Nc1ccccc1F)c1cc(Nc2ccc(Cl)cc2Cl)ncn1. The Morgan fingerprint density at radius 2 is 1.80 bits per heavy atom. The van der Waals surface area contributed by atoms with Gasteiger partial charge in [0.05, 0.1) is 16.4 Å². The summed E-state index contributed by atoms with van der Waals surface area (Å²) in [5.74, 6) is -0.730. The predicted octanol–water partition coefficient (Wildman–Crippen LogP) is 4.92. The van der Waals surface area contributed by atoms with Crippen molar-refractivity contribution in [2.24, 2.45) is 0 Å². The molecule has 0 spiro atoms. The van der Waals surface area contributed by atoms with E-state index >= 15 is 0 Å². The maximum atomic E-state index is 13.6. The molecular weight excluding hydrogens is 366 g/mol. The van der Waals surface area contributed by atoms with E-state index in [2.05, 4.69) is 20.6 Å². The van der Waals surface area contributed by atoms with Gasteiger partial charge in [-0.2, -0.15) is 0 Å². The molecule has 1 heterocycles. The first-order valence-electron chi connectivity index (χ1n) is 7.13. The largest absolute Gasteiger partial charge is 0.339 e. The highest BCUT2D eigenvalue weighted by atomic mass is 35.5. The Kier molecular flexibility index (Phi) is 5.11. The molecule has 0 saturated carbocycles. The van der Waals surface area contributed by atoms with Crippen LogP contribution in [0.15, 0.2) is 54.9 Å². The van der Waals surface area contributed by atoms with Crippen LogP contribution in [0.2, 0.25) is 10.0 Å². The van der Waals surface area contributed by atoms with Crippen molar-refractivity contribution >= 4 is 46.3 Å². The van der Waals surface area contributed by atoms with Crippen molar-refractivity contribution in [1.29, 1.82) is 0 Å². The molecule has 0 aliphatic carbocycles. The number of aromatic nitrogens is 2. The van der Waals surface area contributed by atoms with Gasteiger partial charge < -0.3 is 10.6 Å². The Balaban J connectivity index is 1.79. The van der Waals surface area contributed by atoms with Gasteiger partial charge in [-0.25, -0.2) is 14.4 Å². The topological polar surface area (TPSA) is 66.9 Å². The fraction of sp³-hybridized carbons (Fsp3) is 0. The Labute approximate surface area is 152 Å². The van der Waals surface area contributed by atoms with E-state index in [0.717, 1.165) is 0 Å². The van der Waals surface area contributed by atoms with Gasteiger partial charge in [-0.1, -0.05) is 35.3 Å². The molecule has 3 aromatic rings. The molecule has 0 bridgehead atoms. The zero-order chi connectivity index (χ0) is 17.8. The van der Waals surface area contributed by atoms with Gasteiger partial charge >= 0.3 is 0 Å². The van der Waals surface area contributed by atoms with Crippen molar-refractivity contribution in [2.75, 3.05) is 10.6 Å². The Morgan fingerprint density at radius 1 is 1.00 bits per heavy atom. The molecule has 0 aliphatic rings. The number of halogens is 3. The molecule has 0 atom stereocenters. The van der Waals surface area contributed by atoms with Gasteiger partial charge in [0.1, 0.15) is 23.7 Å². The van der Waals surface area contributed by atoms with E-state index in [1.807, 2.05) is 0 Å². The molecule has 2 N–H and O–H groups in total. The number of benzene rings is 2. The molecule has 0 aliphatic heterocycles. The standard InChI is InChI=1S/C17H11Cl2FN4O/c18-10-5-6-13(11(19)7-10)23-16-8-15(21-9-22-16)17(25)24-14-4-2-1-3-12(14)20/h1-9H,(H,24,25)(H,21,22,23). The van der Waals surface area contributed by atoms with Gasteiger partial charge in [-0.05, 0) is 30.3 Å². The first-order valence-corrected chi connectivity index (χ1v) is 7.88. The second kappa shape index (κ2) is 7.46. The van der Waals surface area contributed by atoms with Crippen LogP contribution in [0.25, 0.3) is 0 Å². The Hall–Kier alpha value is -2.70. The summed E-state index contributed by atoms with van der Waals surface area (Å²) in [6.45, 7) is 0. The number of hydrogen-bond donors (Lipinski definition) is 2. The van der Waals surface area contributed by atoms with Crippen molar-refractivity contribution < 1.29 is 9.18 Å². The molecule has 0 unspecified atom stereocenters. The highest BCUT2D eigenvalue weighted by Crippen LogP contribution is 2.27. The summed E-state index contributed by atoms with van der Waals surface area (Å²) in [7, 11) is 0. The summed E-state index contributed by atoms with van der Waals surface area (Å²) in [5, 5.41) is 6.34. The average Bonchev–Trinajstić information content (AvgIpc) is 2.60. The van der Waals surface area contributed by atoms with Gasteiger partial charge in [0.25, 0.3) is 5.91 Å². The van der Waals surface area contributed by atoms with E-state index in [1.54, 1.807) is 24.3 Å². The van der Waals surface area contributed by atoms with Crippen LogP contribution in [0.5, 0.6) is 0 Å². The molecule has 0 radical (unpaired) electrons. The highest BCUT2D eigenvalue weighted by molar-refractivity contribution is 6.36. The number of anilines is 3. The van der Waals surface area contributed by atoms with Gasteiger partial charge in [0.2, 0.25) is 0 Å². The van der Waals surface area contributed by atoms with E-state index in [-0.39, 0.29) is 11.4 Å². The molecule has 0 saturated heterocycles. The fourth-order valence-electron chi connectivity index (χ4n) is 2.03. The molecule has 1 aromatic heterocycles. The van der Waals surface area contributed by atoms with E-state index in [4.69, 9.17) is 23.2 Å². The highest BCUT2D eigenvalue weighted by Gasteiger charge is 2.12. The van der Waals surface area contributed by atoms with Crippen molar-refractivity contribution in [2.45, 2.75) is 0 Å². The molecule has 1 amide bonds. The van der Waals surface area contributed by atoms with Crippen LogP contribution in [0.1, 0.15) is 10.5 Å². The number of amides is 1. The van der Waals surface area contributed by atoms with E-state index in [0.29, 0.717) is 21.6 Å². The maximum absolute atomic E-state index is 13.6. The van der Waals surface area contributed by atoms with Crippen molar-refractivity contribution in [1.82, 2.24) is 9.97 Å². The van der Waals surface area contributed by atoms with E-state index < -0.39 is 11.7 Å². The third-order valence-electron chi connectivity index (χ3n) is 3.22. The number of nitrogens with zero attached hydrogens (tertiary/aromatic N) is 2. The van der Waals surface area contributed by atoms with Crippen molar-refractivity contribution in [3.05, 3.63) is 76.4 Å². The molecule has 126 valence electrons. The number of nitrogens with one attached hydrogen (secondary N) is 2. The average molecular weight is 377 g/mol. The first kappa shape index (κ1) is 17.1. The summed E-state index contributed by atoms with van der Waals surface area (Å²) < 4.78 is 13.6. The van der Waals surface area contributed by atoms with Crippen LogP contribution >= 0.6 is 23.2 Å². The predicted molar refractivity (Wildman–Crippen MR) is 96.1 cm³/mol. The number of carbonyl (C=O) groups is 1. The Morgan fingerprint density at radius 3 is 2.56 bits per heavy atom. The zero-order valence-corrected chi connectivity index (χ0v) is 14.1. The lowest BCUT2D eigenvalue weighted by molar-refractivity contribution is 0.102. The van der Waals surface area contributed by atoms with Gasteiger partial charge in [0.15, 0.2) is 0 Å². The molecule has 0 fully saturated rings. The number of rotatable bonds is 4. The third kappa shape index (κ3) is 4.23. The Bertz CT molecular complexity index is 936.